The average Bonchev–Trinajstić information content (AvgIpc) is 2.92. The van der Waals surface area contributed by atoms with Gasteiger partial charge in [0.05, 0.1) is 23.9 Å². The Hall–Kier alpha value is -1.72. The van der Waals surface area contributed by atoms with Gasteiger partial charge in [0.15, 0.2) is 0 Å². The maximum atomic E-state index is 12.6. The van der Waals surface area contributed by atoms with Crippen molar-refractivity contribution in [3.05, 3.63) is 52.0 Å². The average molecular weight is 304 g/mol. The first-order valence-electron chi connectivity index (χ1n) is 6.83. The first kappa shape index (κ1) is 15.7. The Morgan fingerprint density at radius 1 is 1.38 bits per heavy atom. The number of carbonyl (C=O) groups is 1. The number of likely N-dealkylation sites (N-methyl/N-ethyl adjacent to an activating group) is 1. The second-order valence-electron chi connectivity index (χ2n) is 4.98. The van der Waals surface area contributed by atoms with Crippen LogP contribution in [0.3, 0.4) is 0 Å². The molecule has 0 unspecified atom stereocenters. The predicted octanol–water partition coefficient (Wildman–Crippen LogP) is 2.78. The molecule has 0 radical (unpaired) electrons. The number of methoxy groups -OCH3 is 1. The number of hydrogen-bond donors (Lipinski definition) is 0. The van der Waals surface area contributed by atoms with Crippen molar-refractivity contribution in [2.45, 2.75) is 19.4 Å². The van der Waals surface area contributed by atoms with Crippen molar-refractivity contribution < 1.29 is 9.53 Å². The molecule has 0 aliphatic rings. The Kier molecular flexibility index (Phi) is 5.47. The topological polar surface area (TPSA) is 42.4 Å². The Morgan fingerprint density at radius 2 is 2.10 bits per heavy atom. The molecule has 5 heteroatoms. The number of rotatable bonds is 6. The van der Waals surface area contributed by atoms with Crippen LogP contribution in [0.2, 0.25) is 0 Å². The van der Waals surface area contributed by atoms with Crippen molar-refractivity contribution in [3.63, 3.8) is 0 Å². The van der Waals surface area contributed by atoms with E-state index in [1.165, 1.54) is 16.9 Å². The standard InChI is InChI=1S/C16H20N2O2S/c1-12-15(21-11-17-12)16(19)18(2)14(10-20-3)9-13-7-5-4-6-8-13/h4-8,11,14H,9-10H2,1-3H3/t14-/m0/s1. The van der Waals surface area contributed by atoms with Crippen LogP contribution in [0.1, 0.15) is 20.9 Å². The van der Waals surface area contributed by atoms with Gasteiger partial charge in [-0.15, -0.1) is 11.3 Å². The van der Waals surface area contributed by atoms with Crippen molar-refractivity contribution in [1.29, 1.82) is 0 Å². The molecular formula is C16H20N2O2S. The smallest absolute Gasteiger partial charge is 0.265 e. The third-order valence-corrected chi connectivity index (χ3v) is 4.40. The maximum Gasteiger partial charge on any atom is 0.265 e. The largest absolute Gasteiger partial charge is 0.383 e. The van der Waals surface area contributed by atoms with Crippen molar-refractivity contribution in [2.24, 2.45) is 0 Å². The molecule has 2 aromatic rings. The lowest BCUT2D eigenvalue weighted by atomic mass is 10.1. The van der Waals surface area contributed by atoms with Crippen LogP contribution in [0, 0.1) is 6.92 Å². The highest BCUT2D eigenvalue weighted by molar-refractivity contribution is 7.11. The molecule has 0 saturated carbocycles. The summed E-state index contributed by atoms with van der Waals surface area (Å²) in [6, 6.07) is 10.1. The van der Waals surface area contributed by atoms with Gasteiger partial charge in [-0.3, -0.25) is 4.79 Å². The Labute approximate surface area is 129 Å². The van der Waals surface area contributed by atoms with Crippen molar-refractivity contribution in [1.82, 2.24) is 9.88 Å². The zero-order chi connectivity index (χ0) is 15.2. The van der Waals surface area contributed by atoms with Crippen molar-refractivity contribution in [2.75, 3.05) is 20.8 Å². The molecule has 1 aromatic carbocycles. The molecule has 1 amide bonds. The van der Waals surface area contributed by atoms with E-state index in [-0.39, 0.29) is 11.9 Å². The minimum atomic E-state index is 0.00593. The minimum absolute atomic E-state index is 0.00593. The fourth-order valence-electron chi connectivity index (χ4n) is 2.22. The van der Waals surface area contributed by atoms with Crippen molar-refractivity contribution >= 4 is 17.2 Å². The zero-order valence-electron chi connectivity index (χ0n) is 12.6. The number of ether oxygens (including phenoxy) is 1. The van der Waals surface area contributed by atoms with E-state index in [1.807, 2.05) is 32.2 Å². The molecule has 0 aliphatic carbocycles. The van der Waals surface area contributed by atoms with Gasteiger partial charge in [-0.05, 0) is 18.9 Å². The molecule has 0 bridgehead atoms. The maximum absolute atomic E-state index is 12.6. The van der Waals surface area contributed by atoms with Gasteiger partial charge in [-0.25, -0.2) is 4.98 Å². The third-order valence-electron chi connectivity index (χ3n) is 3.48. The molecule has 0 spiro atoms. The van der Waals surface area contributed by atoms with E-state index >= 15 is 0 Å². The molecular weight excluding hydrogens is 284 g/mol. The first-order chi connectivity index (χ1) is 10.1. The highest BCUT2D eigenvalue weighted by atomic mass is 32.1. The van der Waals surface area contributed by atoms with E-state index in [9.17, 15) is 4.79 Å². The van der Waals surface area contributed by atoms with Crippen LogP contribution in [0.15, 0.2) is 35.8 Å². The number of thiazole rings is 1. The molecule has 0 fully saturated rings. The van der Waals surface area contributed by atoms with Gasteiger partial charge in [-0.1, -0.05) is 30.3 Å². The molecule has 0 N–H and O–H groups in total. The zero-order valence-corrected chi connectivity index (χ0v) is 13.4. The summed E-state index contributed by atoms with van der Waals surface area (Å²) in [6.07, 6.45) is 0.773. The SMILES string of the molecule is COC[C@H](Cc1ccccc1)N(C)C(=O)c1scnc1C. The first-order valence-corrected chi connectivity index (χ1v) is 7.71. The van der Waals surface area contributed by atoms with Crippen LogP contribution in [0.4, 0.5) is 0 Å². The molecule has 0 saturated heterocycles. The van der Waals surface area contributed by atoms with Gasteiger partial charge in [0.2, 0.25) is 0 Å². The molecule has 112 valence electrons. The summed E-state index contributed by atoms with van der Waals surface area (Å²) >= 11 is 1.38. The van der Waals surface area contributed by atoms with E-state index in [0.29, 0.717) is 11.5 Å². The van der Waals surface area contributed by atoms with E-state index in [1.54, 1.807) is 17.5 Å². The number of amides is 1. The van der Waals surface area contributed by atoms with E-state index < -0.39 is 0 Å². The van der Waals surface area contributed by atoms with Crippen LogP contribution < -0.4 is 0 Å². The number of aryl methyl sites for hydroxylation is 1. The van der Waals surface area contributed by atoms with E-state index in [0.717, 1.165) is 12.1 Å². The van der Waals surface area contributed by atoms with Crippen LogP contribution in [-0.2, 0) is 11.2 Å². The molecule has 1 atom stereocenters. The summed E-state index contributed by atoms with van der Waals surface area (Å²) in [4.78, 5) is 19.2. The fourth-order valence-corrected chi connectivity index (χ4v) is 3.00. The highest BCUT2D eigenvalue weighted by Crippen LogP contribution is 2.17. The van der Waals surface area contributed by atoms with Gasteiger partial charge < -0.3 is 9.64 Å². The monoisotopic (exact) mass is 304 g/mol. The molecule has 4 nitrogen and oxygen atoms in total. The number of benzene rings is 1. The third kappa shape index (κ3) is 3.89. The van der Waals surface area contributed by atoms with Crippen LogP contribution in [0.5, 0.6) is 0 Å². The lowest BCUT2D eigenvalue weighted by Crippen LogP contribution is -2.41. The number of carbonyl (C=O) groups excluding carboxylic acids is 1. The molecule has 21 heavy (non-hydrogen) atoms. The minimum Gasteiger partial charge on any atom is -0.383 e. The summed E-state index contributed by atoms with van der Waals surface area (Å²) in [5, 5.41) is 0. The fraction of sp³-hybridized carbons (Fsp3) is 0.375. The Balaban J connectivity index is 2.13. The van der Waals surface area contributed by atoms with Gasteiger partial charge in [0.25, 0.3) is 5.91 Å². The summed E-state index contributed by atoms with van der Waals surface area (Å²) in [6.45, 7) is 2.37. The number of hydrogen-bond acceptors (Lipinski definition) is 4. The number of aromatic nitrogens is 1. The van der Waals surface area contributed by atoms with Gasteiger partial charge in [-0.2, -0.15) is 0 Å². The quantitative estimate of drug-likeness (QED) is 0.824. The van der Waals surface area contributed by atoms with Gasteiger partial charge >= 0.3 is 0 Å². The lowest BCUT2D eigenvalue weighted by molar-refractivity contribution is 0.0608. The summed E-state index contributed by atoms with van der Waals surface area (Å²) in [7, 11) is 3.49. The number of nitrogens with zero attached hydrogens (tertiary/aromatic N) is 2. The summed E-state index contributed by atoms with van der Waals surface area (Å²) in [5.74, 6) is 0.00739. The second kappa shape index (κ2) is 7.33. The van der Waals surface area contributed by atoms with E-state index in [4.69, 9.17) is 4.74 Å². The Bertz CT molecular complexity index is 583. The van der Waals surface area contributed by atoms with Crippen LogP contribution in [0.25, 0.3) is 0 Å². The molecule has 1 heterocycles. The van der Waals surface area contributed by atoms with Crippen LogP contribution >= 0.6 is 11.3 Å². The van der Waals surface area contributed by atoms with Crippen molar-refractivity contribution in [3.8, 4) is 0 Å². The predicted molar refractivity (Wildman–Crippen MR) is 84.8 cm³/mol. The van der Waals surface area contributed by atoms with Gasteiger partial charge in [0.1, 0.15) is 4.88 Å². The normalized spacial score (nSPS) is 12.1. The molecule has 0 aliphatic heterocycles. The van der Waals surface area contributed by atoms with Gasteiger partial charge in [0, 0.05) is 14.2 Å². The Morgan fingerprint density at radius 3 is 2.67 bits per heavy atom. The summed E-state index contributed by atoms with van der Waals surface area (Å²) in [5.41, 5.74) is 3.69. The summed E-state index contributed by atoms with van der Waals surface area (Å²) < 4.78 is 5.29. The van der Waals surface area contributed by atoms with E-state index in [2.05, 4.69) is 17.1 Å². The highest BCUT2D eigenvalue weighted by Gasteiger charge is 2.23. The van der Waals surface area contributed by atoms with Crippen LogP contribution in [-0.4, -0.2) is 42.6 Å². The second-order valence-corrected chi connectivity index (χ2v) is 5.84. The molecule has 1 aromatic heterocycles. The molecule has 2 rings (SSSR count). The lowest BCUT2D eigenvalue weighted by Gasteiger charge is -2.27.